The summed E-state index contributed by atoms with van der Waals surface area (Å²) in [5, 5.41) is 3.09. The quantitative estimate of drug-likeness (QED) is 0.648. The third-order valence-corrected chi connectivity index (χ3v) is 8.15. The molecule has 2 aromatic carbocycles. The Hall–Kier alpha value is -1.29. The highest BCUT2D eigenvalue weighted by atomic mass is 35.5. The van der Waals surface area contributed by atoms with E-state index in [1.54, 1.807) is 17.8 Å². The van der Waals surface area contributed by atoms with E-state index in [-0.39, 0.29) is 40.5 Å². The molecule has 2 aromatic rings. The van der Waals surface area contributed by atoms with E-state index in [2.05, 4.69) is 5.32 Å². The fraction of sp³-hybridized carbons (Fsp3) is 0.316. The highest BCUT2D eigenvalue weighted by Crippen LogP contribution is 2.31. The first-order valence-electron chi connectivity index (χ1n) is 8.91. The first-order chi connectivity index (χ1) is 13.8. The van der Waals surface area contributed by atoms with Crippen molar-refractivity contribution in [3.8, 4) is 0 Å². The molecule has 6 nitrogen and oxygen atoms in total. The molecule has 1 amide bonds. The predicted octanol–water partition coefficient (Wildman–Crippen LogP) is 3.66. The van der Waals surface area contributed by atoms with Crippen LogP contribution >= 0.6 is 35.0 Å². The number of sulfonamides is 1. The Labute approximate surface area is 185 Å². The van der Waals surface area contributed by atoms with Crippen molar-refractivity contribution >= 4 is 56.6 Å². The number of nitrogens with one attached hydrogen (secondary N) is 1. The maximum atomic E-state index is 12.9. The molecule has 0 spiro atoms. The van der Waals surface area contributed by atoms with Crippen molar-refractivity contribution in [2.45, 2.75) is 9.79 Å². The molecular formula is C19H21Cl2N3O3S2. The molecule has 1 fully saturated rings. The highest BCUT2D eigenvalue weighted by molar-refractivity contribution is 7.98. The van der Waals surface area contributed by atoms with Crippen LogP contribution < -0.4 is 5.32 Å². The van der Waals surface area contributed by atoms with E-state index < -0.39 is 10.0 Å². The van der Waals surface area contributed by atoms with Gasteiger partial charge in [-0.1, -0.05) is 35.3 Å². The lowest BCUT2D eigenvalue weighted by atomic mass is 10.3. The van der Waals surface area contributed by atoms with Crippen molar-refractivity contribution in [3.63, 3.8) is 0 Å². The SMILES string of the molecule is CSc1cccc(NC(=O)CN2CCN(S(=O)(=O)c3c(Cl)cccc3Cl)CC2)c1. The lowest BCUT2D eigenvalue weighted by Gasteiger charge is -2.33. The summed E-state index contributed by atoms with van der Waals surface area (Å²) in [4.78, 5) is 15.3. The molecule has 1 aliphatic heterocycles. The molecule has 3 rings (SSSR count). The number of hydrogen-bond acceptors (Lipinski definition) is 5. The van der Waals surface area contributed by atoms with Crippen LogP contribution in [0, 0.1) is 0 Å². The molecule has 0 radical (unpaired) electrons. The van der Waals surface area contributed by atoms with Gasteiger partial charge in [0.15, 0.2) is 0 Å². The lowest BCUT2D eigenvalue weighted by molar-refractivity contribution is -0.117. The van der Waals surface area contributed by atoms with E-state index in [1.165, 1.54) is 16.4 Å². The Morgan fingerprint density at radius 3 is 2.31 bits per heavy atom. The van der Waals surface area contributed by atoms with Gasteiger partial charge in [0.1, 0.15) is 4.90 Å². The summed E-state index contributed by atoms with van der Waals surface area (Å²) in [7, 11) is -3.79. The zero-order valence-corrected chi connectivity index (χ0v) is 18.9. The minimum absolute atomic E-state index is 0.0665. The van der Waals surface area contributed by atoms with E-state index in [0.29, 0.717) is 13.1 Å². The minimum atomic E-state index is -3.79. The smallest absolute Gasteiger partial charge is 0.246 e. The Bertz CT molecular complexity index is 974. The van der Waals surface area contributed by atoms with E-state index in [9.17, 15) is 13.2 Å². The number of carbonyl (C=O) groups excluding carboxylic acids is 1. The molecule has 1 N–H and O–H groups in total. The zero-order valence-electron chi connectivity index (χ0n) is 15.8. The van der Waals surface area contributed by atoms with Gasteiger partial charge in [0.25, 0.3) is 0 Å². The molecule has 0 unspecified atom stereocenters. The van der Waals surface area contributed by atoms with Crippen LogP contribution in [0.4, 0.5) is 5.69 Å². The Kier molecular flexibility index (Phi) is 7.47. The summed E-state index contributed by atoms with van der Waals surface area (Å²) in [6, 6.07) is 12.3. The maximum Gasteiger partial charge on any atom is 0.246 e. The second-order valence-corrected chi connectivity index (χ2v) is 10.1. The van der Waals surface area contributed by atoms with Crippen LogP contribution in [0.2, 0.25) is 10.0 Å². The number of nitrogens with zero attached hydrogens (tertiary/aromatic N) is 2. The molecule has 1 aliphatic rings. The number of benzene rings is 2. The Balaban J connectivity index is 1.58. The second kappa shape index (κ2) is 9.68. The molecule has 0 aromatic heterocycles. The summed E-state index contributed by atoms with van der Waals surface area (Å²) < 4.78 is 27.2. The van der Waals surface area contributed by atoms with Gasteiger partial charge < -0.3 is 5.32 Å². The molecule has 0 atom stereocenters. The molecule has 1 saturated heterocycles. The van der Waals surface area contributed by atoms with Crippen molar-refractivity contribution in [2.24, 2.45) is 0 Å². The van der Waals surface area contributed by atoms with Crippen LogP contribution in [0.25, 0.3) is 0 Å². The monoisotopic (exact) mass is 473 g/mol. The average molecular weight is 474 g/mol. The predicted molar refractivity (Wildman–Crippen MR) is 119 cm³/mol. The number of carbonyl (C=O) groups is 1. The van der Waals surface area contributed by atoms with Crippen molar-refractivity contribution in [2.75, 3.05) is 44.3 Å². The van der Waals surface area contributed by atoms with E-state index in [1.807, 2.05) is 35.4 Å². The summed E-state index contributed by atoms with van der Waals surface area (Å²) in [5.41, 5.74) is 0.747. The third-order valence-electron chi connectivity index (χ3n) is 4.57. The van der Waals surface area contributed by atoms with Gasteiger partial charge in [-0.25, -0.2) is 8.42 Å². The third kappa shape index (κ3) is 5.45. The molecule has 0 bridgehead atoms. The van der Waals surface area contributed by atoms with Crippen LogP contribution in [0.3, 0.4) is 0 Å². The molecule has 1 heterocycles. The van der Waals surface area contributed by atoms with E-state index in [4.69, 9.17) is 23.2 Å². The van der Waals surface area contributed by atoms with Crippen LogP contribution in [0.15, 0.2) is 52.3 Å². The maximum absolute atomic E-state index is 12.9. The largest absolute Gasteiger partial charge is 0.325 e. The number of hydrogen-bond donors (Lipinski definition) is 1. The molecule has 10 heteroatoms. The Morgan fingerprint density at radius 1 is 1.07 bits per heavy atom. The Morgan fingerprint density at radius 2 is 1.69 bits per heavy atom. The fourth-order valence-electron chi connectivity index (χ4n) is 3.09. The summed E-state index contributed by atoms with van der Waals surface area (Å²) in [6.45, 7) is 1.61. The van der Waals surface area contributed by atoms with Crippen LogP contribution in [-0.4, -0.2) is 62.5 Å². The number of piperazine rings is 1. The fourth-order valence-corrected chi connectivity index (χ4v) is 6.06. The summed E-state index contributed by atoms with van der Waals surface area (Å²) in [5.74, 6) is -0.131. The number of anilines is 1. The van der Waals surface area contributed by atoms with E-state index >= 15 is 0 Å². The van der Waals surface area contributed by atoms with Crippen molar-refractivity contribution in [1.29, 1.82) is 0 Å². The van der Waals surface area contributed by atoms with Gasteiger partial charge in [-0.05, 0) is 36.6 Å². The lowest BCUT2D eigenvalue weighted by Crippen LogP contribution is -2.50. The van der Waals surface area contributed by atoms with Crippen molar-refractivity contribution in [3.05, 3.63) is 52.5 Å². The van der Waals surface area contributed by atoms with Gasteiger partial charge in [-0.3, -0.25) is 9.69 Å². The summed E-state index contributed by atoms with van der Waals surface area (Å²) >= 11 is 13.8. The molecule has 29 heavy (non-hydrogen) atoms. The van der Waals surface area contributed by atoms with E-state index in [0.717, 1.165) is 10.6 Å². The molecule has 156 valence electrons. The minimum Gasteiger partial charge on any atom is -0.325 e. The van der Waals surface area contributed by atoms with Gasteiger partial charge in [0.05, 0.1) is 16.6 Å². The van der Waals surface area contributed by atoms with Crippen molar-refractivity contribution < 1.29 is 13.2 Å². The molecule has 0 aliphatic carbocycles. The van der Waals surface area contributed by atoms with Gasteiger partial charge in [0, 0.05) is 36.8 Å². The van der Waals surface area contributed by atoms with Crippen LogP contribution in [0.5, 0.6) is 0 Å². The second-order valence-electron chi connectivity index (χ2n) is 6.51. The van der Waals surface area contributed by atoms with Crippen molar-refractivity contribution in [1.82, 2.24) is 9.21 Å². The van der Waals surface area contributed by atoms with Gasteiger partial charge in [0.2, 0.25) is 15.9 Å². The number of halogens is 2. The summed E-state index contributed by atoms with van der Waals surface area (Å²) in [6.07, 6.45) is 1.98. The van der Waals surface area contributed by atoms with Gasteiger partial charge in [-0.15, -0.1) is 11.8 Å². The highest BCUT2D eigenvalue weighted by Gasteiger charge is 2.32. The molecule has 0 saturated carbocycles. The first-order valence-corrected chi connectivity index (χ1v) is 12.3. The van der Waals surface area contributed by atoms with Crippen LogP contribution in [0.1, 0.15) is 0 Å². The molecular weight excluding hydrogens is 453 g/mol. The number of thioether (sulfide) groups is 1. The topological polar surface area (TPSA) is 69.7 Å². The number of amides is 1. The van der Waals surface area contributed by atoms with Gasteiger partial charge in [-0.2, -0.15) is 4.31 Å². The van der Waals surface area contributed by atoms with Crippen LogP contribution in [-0.2, 0) is 14.8 Å². The zero-order chi connectivity index (χ0) is 21.0. The number of rotatable bonds is 6. The first kappa shape index (κ1) is 22.4. The standard InChI is InChI=1S/C19H21Cl2N3O3S2/c1-28-15-5-2-4-14(12-15)22-18(25)13-23-8-10-24(11-9-23)29(26,27)19-16(20)6-3-7-17(19)21/h2-7,12H,8-11,13H2,1H3,(H,22,25). The normalized spacial score (nSPS) is 16.0. The van der Waals surface area contributed by atoms with Gasteiger partial charge >= 0.3 is 0 Å². The average Bonchev–Trinajstić information content (AvgIpc) is 2.68.